The molecule has 1 N–H and O–H groups in total. The van der Waals surface area contributed by atoms with Crippen LogP contribution in [0.2, 0.25) is 0 Å². The van der Waals surface area contributed by atoms with Gasteiger partial charge in [0.25, 0.3) is 5.91 Å². The van der Waals surface area contributed by atoms with Gasteiger partial charge in [-0.1, -0.05) is 13.8 Å². The summed E-state index contributed by atoms with van der Waals surface area (Å²) in [5.74, 6) is 1.08. The van der Waals surface area contributed by atoms with Crippen LogP contribution in [0.5, 0.6) is 11.5 Å². The molecule has 118 valence electrons. The summed E-state index contributed by atoms with van der Waals surface area (Å²) in [7, 11) is 7.18. The molecule has 0 aliphatic heterocycles. The molecule has 1 aromatic rings. The van der Waals surface area contributed by atoms with Gasteiger partial charge in [0.1, 0.15) is 11.5 Å². The Labute approximate surface area is 127 Å². The van der Waals surface area contributed by atoms with Gasteiger partial charge in [-0.2, -0.15) is 0 Å². The van der Waals surface area contributed by atoms with E-state index in [4.69, 9.17) is 9.47 Å². The Morgan fingerprint density at radius 2 is 1.67 bits per heavy atom. The number of methoxy groups -OCH3 is 2. The van der Waals surface area contributed by atoms with Crippen molar-refractivity contribution < 1.29 is 14.3 Å². The zero-order chi connectivity index (χ0) is 16.0. The van der Waals surface area contributed by atoms with Gasteiger partial charge >= 0.3 is 0 Å². The monoisotopic (exact) mass is 294 g/mol. The van der Waals surface area contributed by atoms with Crippen LogP contribution in [0.4, 0.5) is 0 Å². The molecule has 0 heterocycles. The lowest BCUT2D eigenvalue weighted by molar-refractivity contribution is 0.0928. The number of nitrogens with zero attached hydrogens (tertiary/aromatic N) is 1. The Bertz CT molecular complexity index is 462. The highest BCUT2D eigenvalue weighted by molar-refractivity contribution is 5.95. The molecule has 0 saturated heterocycles. The molecule has 5 nitrogen and oxygen atoms in total. The summed E-state index contributed by atoms with van der Waals surface area (Å²) in [4.78, 5) is 14.4. The molecular formula is C16H26N2O3. The summed E-state index contributed by atoms with van der Waals surface area (Å²) >= 11 is 0. The molecule has 1 amide bonds. The highest BCUT2D eigenvalue weighted by Gasteiger charge is 2.20. The lowest BCUT2D eigenvalue weighted by atomic mass is 9.93. The summed E-state index contributed by atoms with van der Waals surface area (Å²) in [6, 6.07) is 5.15. The van der Waals surface area contributed by atoms with Crippen LogP contribution in [0.15, 0.2) is 18.2 Å². The molecule has 0 aliphatic carbocycles. The highest BCUT2D eigenvalue weighted by atomic mass is 16.5. The molecular weight excluding hydrogens is 268 g/mol. The van der Waals surface area contributed by atoms with Crippen LogP contribution in [0.1, 0.15) is 24.2 Å². The highest BCUT2D eigenvalue weighted by Crippen LogP contribution is 2.22. The molecule has 5 heteroatoms. The van der Waals surface area contributed by atoms with Gasteiger partial charge in [0.2, 0.25) is 0 Å². The second-order valence-electron chi connectivity index (χ2n) is 6.19. The molecule has 0 fully saturated rings. The fraction of sp³-hybridized carbons (Fsp3) is 0.562. The standard InChI is InChI=1S/C16H26N2O3/c1-16(2,11-18(3)4)10-17-15(19)12-7-13(20-5)9-14(8-12)21-6/h7-9H,10-11H2,1-6H3,(H,17,19). The van der Waals surface area contributed by atoms with Crippen LogP contribution in [-0.2, 0) is 0 Å². The van der Waals surface area contributed by atoms with E-state index in [0.717, 1.165) is 6.54 Å². The van der Waals surface area contributed by atoms with Crippen LogP contribution < -0.4 is 14.8 Å². The van der Waals surface area contributed by atoms with Gasteiger partial charge in [0.05, 0.1) is 14.2 Å². The topological polar surface area (TPSA) is 50.8 Å². The van der Waals surface area contributed by atoms with Crippen molar-refractivity contribution in [2.24, 2.45) is 5.41 Å². The summed E-state index contributed by atoms with van der Waals surface area (Å²) in [6.45, 7) is 5.75. The van der Waals surface area contributed by atoms with Gasteiger partial charge in [-0.15, -0.1) is 0 Å². The minimum atomic E-state index is -0.126. The first-order valence-electron chi connectivity index (χ1n) is 6.93. The zero-order valence-electron chi connectivity index (χ0n) is 13.8. The van der Waals surface area contributed by atoms with Crippen molar-refractivity contribution in [3.05, 3.63) is 23.8 Å². The van der Waals surface area contributed by atoms with E-state index in [0.29, 0.717) is 23.6 Å². The number of ether oxygens (including phenoxy) is 2. The third-order valence-corrected chi connectivity index (χ3v) is 3.09. The fourth-order valence-corrected chi connectivity index (χ4v) is 2.27. The molecule has 21 heavy (non-hydrogen) atoms. The Kier molecular flexibility index (Phi) is 6.03. The largest absolute Gasteiger partial charge is 0.497 e. The number of carbonyl (C=O) groups excluding carboxylic acids is 1. The number of carbonyl (C=O) groups is 1. The normalized spacial score (nSPS) is 11.4. The lowest BCUT2D eigenvalue weighted by Gasteiger charge is -2.28. The van der Waals surface area contributed by atoms with Crippen molar-refractivity contribution in [1.82, 2.24) is 10.2 Å². The lowest BCUT2D eigenvalue weighted by Crippen LogP contribution is -2.39. The Morgan fingerprint density at radius 1 is 1.14 bits per heavy atom. The van der Waals surface area contributed by atoms with Gasteiger partial charge < -0.3 is 19.7 Å². The van der Waals surface area contributed by atoms with Crippen molar-refractivity contribution in [3.8, 4) is 11.5 Å². The van der Waals surface area contributed by atoms with Crippen LogP contribution in [0.25, 0.3) is 0 Å². The van der Waals surface area contributed by atoms with Gasteiger partial charge in [-0.05, 0) is 31.6 Å². The molecule has 0 unspecified atom stereocenters. The first-order chi connectivity index (χ1) is 9.77. The van der Waals surface area contributed by atoms with Gasteiger partial charge in [0.15, 0.2) is 0 Å². The van der Waals surface area contributed by atoms with E-state index < -0.39 is 0 Å². The van der Waals surface area contributed by atoms with Gasteiger partial charge in [0, 0.05) is 24.7 Å². The minimum Gasteiger partial charge on any atom is -0.497 e. The second kappa shape index (κ2) is 7.31. The average molecular weight is 294 g/mol. The molecule has 0 saturated carbocycles. The predicted octanol–water partition coefficient (Wildman–Crippen LogP) is 2.02. The summed E-state index contributed by atoms with van der Waals surface area (Å²) < 4.78 is 10.4. The quantitative estimate of drug-likeness (QED) is 0.836. The van der Waals surface area contributed by atoms with E-state index in [-0.39, 0.29) is 11.3 Å². The molecule has 0 spiro atoms. The SMILES string of the molecule is COc1cc(OC)cc(C(=O)NCC(C)(C)CN(C)C)c1. The third kappa shape index (κ3) is 5.63. The van der Waals surface area contributed by atoms with E-state index in [1.54, 1.807) is 32.4 Å². The Morgan fingerprint density at radius 3 is 2.10 bits per heavy atom. The van der Waals surface area contributed by atoms with E-state index in [2.05, 4.69) is 24.1 Å². The van der Waals surface area contributed by atoms with Crippen molar-refractivity contribution in [2.45, 2.75) is 13.8 Å². The van der Waals surface area contributed by atoms with Crippen molar-refractivity contribution in [1.29, 1.82) is 0 Å². The van der Waals surface area contributed by atoms with Crippen molar-refractivity contribution in [3.63, 3.8) is 0 Å². The summed E-state index contributed by atoms with van der Waals surface area (Å²) in [5.41, 5.74) is 0.536. The van der Waals surface area contributed by atoms with E-state index in [1.807, 2.05) is 14.1 Å². The number of rotatable bonds is 7. The minimum absolute atomic E-state index is 0.00210. The molecule has 0 radical (unpaired) electrons. The number of benzene rings is 1. The fourth-order valence-electron chi connectivity index (χ4n) is 2.27. The maximum absolute atomic E-state index is 12.3. The van der Waals surface area contributed by atoms with Gasteiger partial charge in [-0.3, -0.25) is 4.79 Å². The predicted molar refractivity (Wildman–Crippen MR) is 84.2 cm³/mol. The summed E-state index contributed by atoms with van der Waals surface area (Å²) in [6.07, 6.45) is 0. The Hall–Kier alpha value is -1.75. The first-order valence-corrected chi connectivity index (χ1v) is 6.93. The second-order valence-corrected chi connectivity index (χ2v) is 6.19. The van der Waals surface area contributed by atoms with E-state index in [1.165, 1.54) is 0 Å². The number of hydrogen-bond donors (Lipinski definition) is 1. The smallest absolute Gasteiger partial charge is 0.251 e. The third-order valence-electron chi connectivity index (χ3n) is 3.09. The van der Waals surface area contributed by atoms with Crippen molar-refractivity contribution >= 4 is 5.91 Å². The van der Waals surface area contributed by atoms with Crippen LogP contribution in [0.3, 0.4) is 0 Å². The zero-order valence-corrected chi connectivity index (χ0v) is 13.8. The van der Waals surface area contributed by atoms with Gasteiger partial charge in [-0.25, -0.2) is 0 Å². The first kappa shape index (κ1) is 17.3. The van der Waals surface area contributed by atoms with E-state index >= 15 is 0 Å². The molecule has 0 atom stereocenters. The van der Waals surface area contributed by atoms with E-state index in [9.17, 15) is 4.79 Å². The average Bonchev–Trinajstić information content (AvgIpc) is 2.42. The maximum atomic E-state index is 12.3. The van der Waals surface area contributed by atoms with Crippen LogP contribution in [0, 0.1) is 5.41 Å². The number of amides is 1. The Balaban J connectivity index is 2.75. The molecule has 0 aromatic heterocycles. The van der Waals surface area contributed by atoms with Crippen LogP contribution in [-0.4, -0.2) is 52.2 Å². The number of nitrogens with one attached hydrogen (secondary N) is 1. The molecule has 1 aromatic carbocycles. The molecule has 0 bridgehead atoms. The molecule has 0 aliphatic rings. The maximum Gasteiger partial charge on any atom is 0.251 e. The van der Waals surface area contributed by atoms with Crippen LogP contribution >= 0.6 is 0 Å². The number of hydrogen-bond acceptors (Lipinski definition) is 4. The summed E-state index contributed by atoms with van der Waals surface area (Å²) in [5, 5.41) is 2.97. The van der Waals surface area contributed by atoms with Crippen molar-refractivity contribution in [2.75, 3.05) is 41.4 Å². The molecule has 1 rings (SSSR count).